The van der Waals surface area contributed by atoms with Crippen molar-refractivity contribution in [3.05, 3.63) is 77.6 Å². The van der Waals surface area contributed by atoms with Gasteiger partial charge in [0.15, 0.2) is 12.8 Å². The van der Waals surface area contributed by atoms with Crippen molar-refractivity contribution in [3.8, 4) is 22.6 Å². The predicted octanol–water partition coefficient (Wildman–Crippen LogP) is 4.62. The molecule has 0 saturated heterocycles. The summed E-state index contributed by atoms with van der Waals surface area (Å²) in [6.45, 7) is -0.419. The minimum absolute atomic E-state index is 0.00331. The van der Waals surface area contributed by atoms with E-state index in [9.17, 15) is 18.1 Å². The predicted molar refractivity (Wildman–Crippen MR) is 104 cm³/mol. The molecule has 0 fully saturated rings. The summed E-state index contributed by atoms with van der Waals surface area (Å²) in [4.78, 5) is 19.9. The SMILES string of the molecule is COC(=O)c1cc(-c2cc(F)c(COc3ccc(O[N+](O)(F)S)cc3)c(F)c2)ccn1. The molecule has 1 aromatic heterocycles. The van der Waals surface area contributed by atoms with Crippen molar-refractivity contribution < 1.29 is 42.0 Å². The van der Waals surface area contributed by atoms with Crippen LogP contribution in [0.3, 0.4) is 0 Å². The lowest BCUT2D eigenvalue weighted by Gasteiger charge is -2.11. The first-order chi connectivity index (χ1) is 14.7. The van der Waals surface area contributed by atoms with Gasteiger partial charge in [0.2, 0.25) is 10.2 Å². The number of hydrogen-bond donors (Lipinski definition) is 2. The number of thiol groups is 1. The van der Waals surface area contributed by atoms with Gasteiger partial charge in [-0.1, -0.05) is 0 Å². The molecule has 1 heterocycles. The highest BCUT2D eigenvalue weighted by molar-refractivity contribution is 7.73. The Balaban J connectivity index is 1.75. The standard InChI is InChI=1S/C20H16F3N2O5S/c1-28-20(26)19-10-12(6-7-24-19)13-8-17(21)16(18(22)9-13)11-29-14-2-4-15(5-3-14)30-25(23,27)31/h2-10,27,31H,11H2,1H3/q+1. The van der Waals surface area contributed by atoms with E-state index in [0.29, 0.717) is 5.56 Å². The van der Waals surface area contributed by atoms with Crippen LogP contribution in [0, 0.1) is 11.6 Å². The van der Waals surface area contributed by atoms with Crippen molar-refractivity contribution in [3.63, 3.8) is 0 Å². The Morgan fingerprint density at radius 3 is 2.26 bits per heavy atom. The summed E-state index contributed by atoms with van der Waals surface area (Å²) in [6, 6.07) is 10.3. The molecule has 162 valence electrons. The molecule has 1 unspecified atom stereocenters. The Bertz CT molecular complexity index is 1070. The number of carbonyl (C=O) groups excluding carboxylic acids is 1. The third-order valence-electron chi connectivity index (χ3n) is 4.06. The Morgan fingerprint density at radius 2 is 1.68 bits per heavy atom. The van der Waals surface area contributed by atoms with Crippen LogP contribution in [0.1, 0.15) is 16.1 Å². The average molecular weight is 453 g/mol. The van der Waals surface area contributed by atoms with E-state index in [1.165, 1.54) is 49.7 Å². The molecule has 3 rings (SSSR count). The van der Waals surface area contributed by atoms with E-state index < -0.39 is 28.6 Å². The van der Waals surface area contributed by atoms with Crippen LogP contribution >= 0.6 is 12.8 Å². The number of pyridine rings is 1. The molecule has 0 aliphatic heterocycles. The lowest BCUT2D eigenvalue weighted by atomic mass is 10.0. The second kappa shape index (κ2) is 9.25. The highest BCUT2D eigenvalue weighted by Crippen LogP contribution is 2.27. The van der Waals surface area contributed by atoms with Crippen molar-refractivity contribution in [1.29, 1.82) is 0 Å². The van der Waals surface area contributed by atoms with E-state index in [1.807, 2.05) is 0 Å². The molecule has 1 atom stereocenters. The van der Waals surface area contributed by atoms with Crippen LogP contribution in [0.25, 0.3) is 11.1 Å². The van der Waals surface area contributed by atoms with Crippen LogP contribution in [-0.4, -0.2) is 27.7 Å². The Kier molecular flexibility index (Phi) is 6.68. The third-order valence-corrected chi connectivity index (χ3v) is 4.14. The van der Waals surface area contributed by atoms with Crippen LogP contribution in [0.5, 0.6) is 11.5 Å². The number of methoxy groups -OCH3 is 1. The fourth-order valence-electron chi connectivity index (χ4n) is 2.62. The maximum atomic E-state index is 14.5. The molecule has 11 heteroatoms. The zero-order valence-electron chi connectivity index (χ0n) is 16.0. The van der Waals surface area contributed by atoms with Crippen molar-refractivity contribution in [1.82, 2.24) is 4.98 Å². The number of halogens is 3. The largest absolute Gasteiger partial charge is 0.489 e. The van der Waals surface area contributed by atoms with E-state index in [0.717, 1.165) is 12.1 Å². The van der Waals surface area contributed by atoms with Gasteiger partial charge in [0.05, 0.1) is 12.7 Å². The molecule has 0 bridgehead atoms. The number of rotatable bonds is 7. The second-order valence-corrected chi connectivity index (χ2v) is 6.66. The summed E-state index contributed by atoms with van der Waals surface area (Å²) in [6.07, 6.45) is 1.33. The summed E-state index contributed by atoms with van der Waals surface area (Å²) in [5, 5.41) is 8.78. The minimum atomic E-state index is -2.51. The molecule has 0 amide bonds. The monoisotopic (exact) mass is 453 g/mol. The molecule has 0 radical (unpaired) electrons. The van der Waals surface area contributed by atoms with E-state index in [-0.39, 0.29) is 28.3 Å². The molecule has 0 spiro atoms. The van der Waals surface area contributed by atoms with Gasteiger partial charge < -0.3 is 9.47 Å². The lowest BCUT2D eigenvalue weighted by Crippen LogP contribution is -2.27. The number of nitrogens with zero attached hydrogens (tertiary/aromatic N) is 2. The number of esters is 1. The van der Waals surface area contributed by atoms with Crippen molar-refractivity contribution in [2.75, 3.05) is 7.11 Å². The molecular formula is C20H16F3N2O5S+. The van der Waals surface area contributed by atoms with Crippen LogP contribution in [-0.2, 0) is 11.3 Å². The molecule has 0 aliphatic rings. The van der Waals surface area contributed by atoms with Gasteiger partial charge >= 0.3 is 5.97 Å². The first-order valence-corrected chi connectivity index (χ1v) is 9.05. The Hall–Kier alpha value is -3.28. The van der Waals surface area contributed by atoms with Crippen LogP contribution in [0.4, 0.5) is 13.3 Å². The molecule has 0 aliphatic carbocycles. The van der Waals surface area contributed by atoms with Crippen LogP contribution < -0.4 is 9.57 Å². The van der Waals surface area contributed by atoms with Crippen molar-refractivity contribution in [2.45, 2.75) is 6.61 Å². The molecule has 31 heavy (non-hydrogen) atoms. The molecule has 2 aromatic carbocycles. The topological polar surface area (TPSA) is 77.9 Å². The van der Waals surface area contributed by atoms with E-state index in [4.69, 9.17) is 9.94 Å². The van der Waals surface area contributed by atoms with E-state index >= 15 is 0 Å². The maximum Gasteiger partial charge on any atom is 0.356 e. The van der Waals surface area contributed by atoms with Crippen LogP contribution in [0.2, 0.25) is 0 Å². The third kappa shape index (κ3) is 5.87. The van der Waals surface area contributed by atoms with Gasteiger partial charge in [-0.15, -0.1) is 5.21 Å². The van der Waals surface area contributed by atoms with E-state index in [2.05, 4.69) is 27.4 Å². The second-order valence-electron chi connectivity index (χ2n) is 6.16. The highest BCUT2D eigenvalue weighted by Gasteiger charge is 2.24. The normalized spacial score (nSPS) is 12.7. The number of ether oxygens (including phenoxy) is 2. The lowest BCUT2D eigenvalue weighted by molar-refractivity contribution is -1.22. The maximum absolute atomic E-state index is 14.5. The molecule has 1 N–H and O–H groups in total. The summed E-state index contributed by atoms with van der Waals surface area (Å²) >= 11 is 3.12. The number of quaternary nitrogens is 1. The van der Waals surface area contributed by atoms with Crippen LogP contribution in [0.15, 0.2) is 54.7 Å². The first-order valence-electron chi connectivity index (χ1n) is 8.65. The fraction of sp³-hybridized carbons (Fsp3) is 0.100. The molecule has 3 aromatic rings. The average Bonchev–Trinajstić information content (AvgIpc) is 2.72. The zero-order valence-corrected chi connectivity index (χ0v) is 16.9. The number of hydrogen-bond acceptors (Lipinski definition) is 7. The van der Waals surface area contributed by atoms with Gasteiger partial charge in [0.25, 0.3) is 0 Å². The first kappa shape index (κ1) is 22.4. The van der Waals surface area contributed by atoms with Gasteiger partial charge in [0.1, 0.15) is 34.2 Å². The zero-order chi connectivity index (χ0) is 22.6. The van der Waals surface area contributed by atoms with Gasteiger partial charge in [-0.25, -0.2) is 23.4 Å². The van der Waals surface area contributed by atoms with Gasteiger partial charge in [0, 0.05) is 6.20 Å². The fourth-order valence-corrected chi connectivity index (χ4v) is 2.71. The van der Waals surface area contributed by atoms with E-state index in [1.54, 1.807) is 0 Å². The minimum Gasteiger partial charge on any atom is -0.489 e. The van der Waals surface area contributed by atoms with Crippen molar-refractivity contribution >= 4 is 18.8 Å². The van der Waals surface area contributed by atoms with Gasteiger partial charge in [-0.3, -0.25) is 0 Å². The quantitative estimate of drug-likeness (QED) is 0.235. The molecule has 7 nitrogen and oxygen atoms in total. The Labute approximate surface area is 180 Å². The van der Waals surface area contributed by atoms with Gasteiger partial charge in [-0.2, -0.15) is 0 Å². The highest BCUT2D eigenvalue weighted by atomic mass is 32.1. The van der Waals surface area contributed by atoms with Gasteiger partial charge in [-0.05, 0) is 59.7 Å². The number of benzene rings is 2. The summed E-state index contributed by atoms with van der Waals surface area (Å²) in [5.74, 6) is -2.20. The summed E-state index contributed by atoms with van der Waals surface area (Å²) in [5.41, 5.74) is 0.281. The Morgan fingerprint density at radius 1 is 1.06 bits per heavy atom. The summed E-state index contributed by atoms with van der Waals surface area (Å²) < 4.78 is 49.4. The molecular weight excluding hydrogens is 437 g/mol. The summed E-state index contributed by atoms with van der Waals surface area (Å²) in [7, 11) is 1.20. The number of aromatic nitrogens is 1. The van der Waals surface area contributed by atoms with Crippen molar-refractivity contribution in [2.24, 2.45) is 0 Å². The molecule has 0 saturated carbocycles. The smallest absolute Gasteiger partial charge is 0.356 e. The number of carbonyl (C=O) groups is 1.